The van der Waals surface area contributed by atoms with Crippen LogP contribution in [0.5, 0.6) is 0 Å². The molecule has 0 heterocycles. The molecule has 0 rings (SSSR count). The molecular formula is C10H19F3N2O. The molecule has 96 valence electrons. The molecule has 0 spiro atoms. The summed E-state index contributed by atoms with van der Waals surface area (Å²) in [6, 6.07) is 0. The topological polar surface area (TPSA) is 32.3 Å². The van der Waals surface area contributed by atoms with E-state index in [1.165, 1.54) is 7.05 Å². The second-order valence-electron chi connectivity index (χ2n) is 3.84. The Morgan fingerprint density at radius 3 is 2.44 bits per heavy atom. The molecule has 0 radical (unpaired) electrons. The maximum absolute atomic E-state index is 11.9. The van der Waals surface area contributed by atoms with Crippen molar-refractivity contribution in [3.05, 3.63) is 0 Å². The normalized spacial score (nSPS) is 11.9. The van der Waals surface area contributed by atoms with E-state index in [0.717, 1.165) is 24.2 Å². The fraction of sp³-hybridized carbons (Fsp3) is 0.900. The zero-order valence-electron chi connectivity index (χ0n) is 9.73. The molecule has 3 nitrogen and oxygen atoms in total. The SMILES string of the molecule is CCCCCNC(=O)CN(C)CC(F)(F)F. The van der Waals surface area contributed by atoms with E-state index in [4.69, 9.17) is 0 Å². The number of amides is 1. The Morgan fingerprint density at radius 1 is 1.31 bits per heavy atom. The molecule has 0 atom stereocenters. The Kier molecular flexibility index (Phi) is 7.12. The minimum atomic E-state index is -4.25. The smallest absolute Gasteiger partial charge is 0.355 e. The van der Waals surface area contributed by atoms with E-state index in [0.29, 0.717) is 6.54 Å². The fourth-order valence-corrected chi connectivity index (χ4v) is 1.27. The van der Waals surface area contributed by atoms with Crippen molar-refractivity contribution in [3.8, 4) is 0 Å². The summed E-state index contributed by atoms with van der Waals surface area (Å²) in [6.07, 6.45) is -1.33. The number of unbranched alkanes of at least 4 members (excludes halogenated alkanes) is 2. The van der Waals surface area contributed by atoms with Gasteiger partial charge in [0.2, 0.25) is 5.91 Å². The molecule has 1 N–H and O–H groups in total. The van der Waals surface area contributed by atoms with Crippen molar-refractivity contribution in [2.45, 2.75) is 32.4 Å². The van der Waals surface area contributed by atoms with Gasteiger partial charge in [-0.1, -0.05) is 19.8 Å². The Morgan fingerprint density at radius 2 is 1.94 bits per heavy atom. The third kappa shape index (κ3) is 9.76. The number of nitrogens with one attached hydrogen (secondary N) is 1. The highest BCUT2D eigenvalue weighted by Gasteiger charge is 2.29. The van der Waals surface area contributed by atoms with Gasteiger partial charge in [-0.2, -0.15) is 13.2 Å². The van der Waals surface area contributed by atoms with Crippen LogP contribution in [0.1, 0.15) is 26.2 Å². The van der Waals surface area contributed by atoms with Crippen molar-refractivity contribution in [1.29, 1.82) is 0 Å². The van der Waals surface area contributed by atoms with E-state index in [9.17, 15) is 18.0 Å². The van der Waals surface area contributed by atoms with Crippen LogP contribution in [0.4, 0.5) is 13.2 Å². The summed E-state index contributed by atoms with van der Waals surface area (Å²) in [6.45, 7) is 1.30. The lowest BCUT2D eigenvalue weighted by atomic mass is 10.2. The maximum Gasteiger partial charge on any atom is 0.401 e. The highest BCUT2D eigenvalue weighted by molar-refractivity contribution is 5.77. The summed E-state index contributed by atoms with van der Waals surface area (Å²) in [7, 11) is 1.28. The highest BCUT2D eigenvalue weighted by atomic mass is 19.4. The molecular weight excluding hydrogens is 221 g/mol. The van der Waals surface area contributed by atoms with Gasteiger partial charge >= 0.3 is 6.18 Å². The van der Waals surface area contributed by atoms with Crippen molar-refractivity contribution in [2.24, 2.45) is 0 Å². The first-order valence-corrected chi connectivity index (χ1v) is 5.37. The molecule has 0 aromatic carbocycles. The molecule has 0 aliphatic heterocycles. The first-order valence-electron chi connectivity index (χ1n) is 5.37. The third-order valence-electron chi connectivity index (χ3n) is 1.97. The molecule has 0 aliphatic carbocycles. The van der Waals surface area contributed by atoms with E-state index in [1.807, 2.05) is 6.92 Å². The van der Waals surface area contributed by atoms with Gasteiger partial charge in [-0.05, 0) is 13.5 Å². The standard InChI is InChI=1S/C10H19F3N2O/c1-3-4-5-6-14-9(16)7-15(2)8-10(11,12)13/h3-8H2,1-2H3,(H,14,16). The van der Waals surface area contributed by atoms with Crippen LogP contribution >= 0.6 is 0 Å². The van der Waals surface area contributed by atoms with Crippen molar-refractivity contribution in [1.82, 2.24) is 10.2 Å². The number of carbonyl (C=O) groups is 1. The lowest BCUT2D eigenvalue weighted by Crippen LogP contribution is -2.39. The molecule has 1 amide bonds. The van der Waals surface area contributed by atoms with Crippen LogP contribution in [0.3, 0.4) is 0 Å². The minimum absolute atomic E-state index is 0.217. The molecule has 16 heavy (non-hydrogen) atoms. The van der Waals surface area contributed by atoms with Gasteiger partial charge in [0.15, 0.2) is 0 Å². The van der Waals surface area contributed by atoms with Crippen molar-refractivity contribution >= 4 is 5.91 Å². The second kappa shape index (κ2) is 7.49. The quantitative estimate of drug-likeness (QED) is 0.688. The molecule has 0 aromatic heterocycles. The lowest BCUT2D eigenvalue weighted by molar-refractivity contribution is -0.145. The summed E-state index contributed by atoms with van der Waals surface area (Å²) in [5, 5.41) is 2.59. The van der Waals surface area contributed by atoms with Gasteiger partial charge in [-0.3, -0.25) is 9.69 Å². The number of likely N-dealkylation sites (N-methyl/N-ethyl adjacent to an activating group) is 1. The first kappa shape index (κ1) is 15.2. The van der Waals surface area contributed by atoms with Crippen LogP contribution in [0.25, 0.3) is 0 Å². The van der Waals surface area contributed by atoms with Gasteiger partial charge in [0.1, 0.15) is 0 Å². The average molecular weight is 240 g/mol. The largest absolute Gasteiger partial charge is 0.401 e. The molecule has 6 heteroatoms. The first-order chi connectivity index (χ1) is 7.35. The minimum Gasteiger partial charge on any atom is -0.355 e. The molecule has 0 saturated carbocycles. The van der Waals surface area contributed by atoms with Gasteiger partial charge in [0.05, 0.1) is 13.1 Å². The molecule has 0 bridgehead atoms. The van der Waals surface area contributed by atoms with Crippen LogP contribution in [0.15, 0.2) is 0 Å². The Hall–Kier alpha value is -0.780. The number of alkyl halides is 3. The van der Waals surface area contributed by atoms with Gasteiger partial charge in [-0.15, -0.1) is 0 Å². The van der Waals surface area contributed by atoms with Crippen LogP contribution in [-0.2, 0) is 4.79 Å². The molecule has 0 saturated heterocycles. The molecule has 0 aromatic rings. The average Bonchev–Trinajstić information content (AvgIpc) is 2.09. The predicted molar refractivity (Wildman–Crippen MR) is 56.1 cm³/mol. The van der Waals surface area contributed by atoms with E-state index < -0.39 is 12.7 Å². The molecule has 0 unspecified atom stereocenters. The van der Waals surface area contributed by atoms with E-state index in [2.05, 4.69) is 5.32 Å². The zero-order chi connectivity index (χ0) is 12.6. The molecule has 0 fully saturated rings. The lowest BCUT2D eigenvalue weighted by Gasteiger charge is -2.17. The predicted octanol–water partition coefficient (Wildman–Crippen LogP) is 1.79. The van der Waals surface area contributed by atoms with Crippen molar-refractivity contribution < 1.29 is 18.0 Å². The Bertz CT molecular complexity index is 207. The summed E-state index contributed by atoms with van der Waals surface area (Å²) in [4.78, 5) is 12.1. The highest BCUT2D eigenvalue weighted by Crippen LogP contribution is 2.15. The van der Waals surface area contributed by atoms with Gasteiger partial charge < -0.3 is 5.32 Å². The molecule has 0 aliphatic rings. The summed E-state index contributed by atoms with van der Waals surface area (Å²) in [5.41, 5.74) is 0. The number of halogens is 3. The summed E-state index contributed by atoms with van der Waals surface area (Å²) >= 11 is 0. The van der Waals surface area contributed by atoms with E-state index >= 15 is 0 Å². The number of carbonyl (C=O) groups excluding carboxylic acids is 1. The fourth-order valence-electron chi connectivity index (χ4n) is 1.27. The summed E-state index contributed by atoms with van der Waals surface area (Å²) < 4.78 is 35.8. The van der Waals surface area contributed by atoms with Crippen molar-refractivity contribution in [3.63, 3.8) is 0 Å². The monoisotopic (exact) mass is 240 g/mol. The van der Waals surface area contributed by atoms with Crippen LogP contribution in [-0.4, -0.2) is 43.7 Å². The van der Waals surface area contributed by atoms with Gasteiger partial charge in [-0.25, -0.2) is 0 Å². The van der Waals surface area contributed by atoms with Crippen LogP contribution in [0.2, 0.25) is 0 Å². The van der Waals surface area contributed by atoms with Crippen LogP contribution in [0, 0.1) is 0 Å². The number of hydrogen-bond acceptors (Lipinski definition) is 2. The van der Waals surface area contributed by atoms with Gasteiger partial charge in [0, 0.05) is 6.54 Å². The van der Waals surface area contributed by atoms with Gasteiger partial charge in [0.25, 0.3) is 0 Å². The number of rotatable bonds is 7. The van der Waals surface area contributed by atoms with Crippen molar-refractivity contribution in [2.75, 3.05) is 26.7 Å². The second-order valence-corrected chi connectivity index (χ2v) is 3.84. The number of nitrogens with zero attached hydrogens (tertiary/aromatic N) is 1. The maximum atomic E-state index is 11.9. The Labute approximate surface area is 94.0 Å². The Balaban J connectivity index is 3.62. The van der Waals surface area contributed by atoms with Crippen LogP contribution < -0.4 is 5.32 Å². The summed E-state index contributed by atoms with van der Waals surface area (Å²) in [5.74, 6) is -0.358. The number of hydrogen-bond donors (Lipinski definition) is 1. The van der Waals surface area contributed by atoms with E-state index in [-0.39, 0.29) is 12.5 Å². The zero-order valence-corrected chi connectivity index (χ0v) is 9.73. The van der Waals surface area contributed by atoms with E-state index in [1.54, 1.807) is 0 Å². The third-order valence-corrected chi connectivity index (χ3v) is 1.97.